The molecule has 6 aromatic rings. The van der Waals surface area contributed by atoms with E-state index in [1.807, 2.05) is 88.5 Å². The molecule has 4 heterocycles. The van der Waals surface area contributed by atoms with Crippen molar-refractivity contribution in [1.82, 2.24) is 18.7 Å². The van der Waals surface area contributed by atoms with Crippen LogP contribution in [0.4, 0.5) is 0 Å². The molecular formula is C83H73N4O18PSi. The van der Waals surface area contributed by atoms with Gasteiger partial charge in [0, 0.05) is 120 Å². The fourth-order valence-electron chi connectivity index (χ4n) is 10.8. The second-order valence-corrected chi connectivity index (χ2v) is 32.3. The van der Waals surface area contributed by atoms with Gasteiger partial charge in [-0.25, -0.2) is 9.59 Å². The lowest BCUT2D eigenvalue weighted by Gasteiger charge is -2.40. The van der Waals surface area contributed by atoms with Gasteiger partial charge in [0.25, 0.3) is 17.0 Å². The number of carbonyl (C=O) groups excluding carboxylic acids is 3. The first-order valence-corrected chi connectivity index (χ1v) is 38.0. The molecule has 2 fully saturated rings. The van der Waals surface area contributed by atoms with Crippen molar-refractivity contribution in [1.29, 1.82) is 0 Å². The lowest BCUT2D eigenvalue weighted by atomic mass is 9.80. The Morgan fingerprint density at radius 3 is 1.74 bits per heavy atom. The van der Waals surface area contributed by atoms with E-state index in [0.29, 0.717) is 43.9 Å². The summed E-state index contributed by atoms with van der Waals surface area (Å²) in [5.41, 5.74) is -1.85. The summed E-state index contributed by atoms with van der Waals surface area (Å²) < 4.78 is 81.4. The quantitative estimate of drug-likeness (QED) is 0.0208. The molecule has 0 amide bonds. The van der Waals surface area contributed by atoms with Crippen molar-refractivity contribution < 1.29 is 65.6 Å². The number of aromatic nitrogens is 4. The Labute approximate surface area is 621 Å². The van der Waals surface area contributed by atoms with Crippen molar-refractivity contribution in [3.63, 3.8) is 0 Å². The van der Waals surface area contributed by atoms with Gasteiger partial charge >= 0.3 is 24.9 Å². The van der Waals surface area contributed by atoms with Crippen LogP contribution in [0.2, 0.25) is 18.1 Å². The zero-order valence-electron chi connectivity index (χ0n) is 60.7. The number of H-pyrrole nitrogens is 1. The summed E-state index contributed by atoms with van der Waals surface area (Å²) in [6.45, 7) is 16.1. The molecule has 8 rings (SSSR count). The van der Waals surface area contributed by atoms with Crippen molar-refractivity contribution in [3.8, 4) is 148 Å². The van der Waals surface area contributed by atoms with E-state index < -0.39 is 111 Å². The molecule has 2 aromatic heterocycles. The molecule has 3 unspecified atom stereocenters. The number of ether oxygens (including phenoxy) is 7. The number of rotatable bonds is 23. The first-order chi connectivity index (χ1) is 51.1. The van der Waals surface area contributed by atoms with E-state index >= 15 is 9.36 Å². The summed E-state index contributed by atoms with van der Waals surface area (Å²) >= 11 is 0. The molecule has 8 atom stereocenters. The van der Waals surface area contributed by atoms with Crippen LogP contribution >= 0.6 is 7.60 Å². The predicted molar refractivity (Wildman–Crippen MR) is 401 cm³/mol. The summed E-state index contributed by atoms with van der Waals surface area (Å²) in [6, 6.07) is 27.8. The molecule has 24 heteroatoms. The normalized spacial score (nSPS) is 17.2. The average Bonchev–Trinajstić information content (AvgIpc) is 1.63. The zero-order valence-corrected chi connectivity index (χ0v) is 62.6. The van der Waals surface area contributed by atoms with Crippen LogP contribution in [0.1, 0.15) is 103 Å². The number of aromatic amines is 1. The number of methoxy groups -OCH3 is 2. The highest BCUT2D eigenvalue weighted by Crippen LogP contribution is 2.51. The van der Waals surface area contributed by atoms with Gasteiger partial charge < -0.3 is 51.4 Å². The molecule has 107 heavy (non-hydrogen) atoms. The number of hydrogen-bond acceptors (Lipinski definition) is 18. The van der Waals surface area contributed by atoms with E-state index in [1.165, 1.54) is 43.4 Å². The molecular weight excluding hydrogens is 1400 g/mol. The summed E-state index contributed by atoms with van der Waals surface area (Å²) in [6.07, 6.45) is -0.229. The SMILES string of the molecule is C#CC#CC#CC#CC#CC#CC#CC#CC#CC#CC#COc1cc(C(=O)n2c(=O)ccn([C@@H]3O[C@H](COP(C)(=O)OC4C[C@H](n5cc(C)c(=O)[nH]c5=O)O[C@@H]4COC(c4ccccc4)(c4ccc(OC)cc4)c4ccc(OC)cc4)C(OC(=O)CCC(C)=O)[C@@H]3O[Si](C)(C)C(C)(C)C)c2=O)cc(C)c1C. The van der Waals surface area contributed by atoms with Crippen LogP contribution in [-0.2, 0) is 52.2 Å². The molecule has 2 aliphatic rings. The number of nitrogens with one attached hydrogen (secondary N) is 1. The van der Waals surface area contributed by atoms with Crippen molar-refractivity contribution in [3.05, 3.63) is 190 Å². The molecule has 0 radical (unpaired) electrons. The highest BCUT2D eigenvalue weighted by atomic mass is 31.2. The molecule has 0 spiro atoms. The Morgan fingerprint density at radius 2 is 1.21 bits per heavy atom. The van der Waals surface area contributed by atoms with Crippen LogP contribution in [0.5, 0.6) is 17.2 Å². The van der Waals surface area contributed by atoms with Gasteiger partial charge in [-0.15, -0.1) is 6.42 Å². The first-order valence-electron chi connectivity index (χ1n) is 33.1. The molecule has 0 saturated carbocycles. The number of hydrogen-bond donors (Lipinski definition) is 1. The minimum atomic E-state index is -4.43. The maximum atomic E-state index is 15.3. The van der Waals surface area contributed by atoms with Gasteiger partial charge in [0.1, 0.15) is 59.3 Å². The molecule has 0 bridgehead atoms. The molecule has 2 aliphatic heterocycles. The standard InChI is InChI=1S/C83H73N4O18PSi/c1-14-15-16-17-18-19-20-21-22-23-24-25-26-27-28-29-30-31-32-36-51-98-68-53-62(52-58(2)61(68)5)78(92)87-72(89)49-50-85(81(87)94)79-76(105-107(12,13)82(6,7)8)75(103-74(90)48-39-60(4)88)71(102-79)57-100-106(11,95)104-69-54-73(86-55-59(3)77(91)84-80(86)93)101-70(69)56-99-83(63-37-34-33-35-38-63,64-40-44-66(96-9)45-41-64)65-42-46-67(97-10)47-43-65/h1,33-35,37-38,40-47,49-50,52-53,55,69-71,73,75-76,79H,39,48,54,56-57H2,2-13H3,(H,84,91,93)/t69?,70-,71-,73-,75?,76+,79-,106?/m1/s1. The molecule has 22 nitrogen and oxygen atoms in total. The average molecular weight is 1470 g/mol. The molecule has 542 valence electrons. The van der Waals surface area contributed by atoms with Crippen LogP contribution in [0.25, 0.3) is 0 Å². The first kappa shape index (κ1) is 80.5. The van der Waals surface area contributed by atoms with E-state index in [0.717, 1.165) is 16.8 Å². The van der Waals surface area contributed by atoms with Gasteiger partial charge in [0.05, 0.1) is 40.0 Å². The second kappa shape index (κ2) is 37.0. The van der Waals surface area contributed by atoms with Gasteiger partial charge in [-0.05, 0) is 157 Å². The second-order valence-electron chi connectivity index (χ2n) is 25.6. The Balaban J connectivity index is 1.09. The van der Waals surface area contributed by atoms with Crippen LogP contribution in [0.3, 0.4) is 0 Å². The lowest BCUT2D eigenvalue weighted by molar-refractivity contribution is -0.156. The number of aryl methyl sites for hydroxylation is 2. The zero-order chi connectivity index (χ0) is 77.5. The maximum Gasteiger partial charge on any atom is 0.340 e. The van der Waals surface area contributed by atoms with Crippen molar-refractivity contribution in [2.75, 3.05) is 34.1 Å². The molecule has 1 N–H and O–H groups in total. The van der Waals surface area contributed by atoms with Gasteiger partial charge in [0.15, 0.2) is 20.6 Å². The monoisotopic (exact) mass is 1470 g/mol. The third-order valence-corrected chi connectivity index (χ3v) is 23.1. The molecule has 2 saturated heterocycles. The third kappa shape index (κ3) is 21.1. The number of terminal acetylenes is 1. The largest absolute Gasteiger partial charge is 0.497 e. The fraction of sp³-hybridized carbons (Fsp3) is 0.313. The third-order valence-electron chi connectivity index (χ3n) is 17.3. The van der Waals surface area contributed by atoms with Gasteiger partial charge in [-0.2, -0.15) is 4.57 Å². The van der Waals surface area contributed by atoms with Gasteiger partial charge in [-0.1, -0.05) is 75.4 Å². The van der Waals surface area contributed by atoms with E-state index in [4.69, 9.17) is 53.1 Å². The Kier molecular flexibility index (Phi) is 27.8. The summed E-state index contributed by atoms with van der Waals surface area (Å²) in [5, 5.41) is -0.546. The van der Waals surface area contributed by atoms with Crippen molar-refractivity contribution in [2.45, 2.75) is 134 Å². The Morgan fingerprint density at radius 1 is 0.664 bits per heavy atom. The summed E-state index contributed by atoms with van der Waals surface area (Å²) in [5.74, 6) is 48.2. The smallest absolute Gasteiger partial charge is 0.340 e. The highest BCUT2D eigenvalue weighted by Gasteiger charge is 2.54. The van der Waals surface area contributed by atoms with Crippen LogP contribution < -0.4 is 36.7 Å². The van der Waals surface area contributed by atoms with Gasteiger partial charge in [-0.3, -0.25) is 37.9 Å². The van der Waals surface area contributed by atoms with E-state index in [1.54, 1.807) is 52.3 Å². The van der Waals surface area contributed by atoms with E-state index in [2.05, 4.69) is 129 Å². The van der Waals surface area contributed by atoms with Crippen molar-refractivity contribution >= 4 is 33.6 Å². The minimum Gasteiger partial charge on any atom is -0.497 e. The number of esters is 1. The molecule has 0 aliphatic carbocycles. The number of nitrogens with zero attached hydrogens (tertiary/aromatic N) is 3. The Bertz CT molecular complexity index is 5400. The lowest BCUT2D eigenvalue weighted by Crippen LogP contribution is -2.51. The van der Waals surface area contributed by atoms with E-state index in [9.17, 15) is 28.8 Å². The highest BCUT2D eigenvalue weighted by molar-refractivity contribution is 7.53. The van der Waals surface area contributed by atoms with Crippen LogP contribution in [0.15, 0.2) is 129 Å². The van der Waals surface area contributed by atoms with E-state index in [-0.39, 0.29) is 48.5 Å². The fourth-order valence-corrected chi connectivity index (χ4v) is 13.2. The van der Waals surface area contributed by atoms with Crippen LogP contribution in [-0.4, -0.2) is 109 Å². The summed E-state index contributed by atoms with van der Waals surface area (Å²) in [4.78, 5) is 98.7. The number of benzene rings is 4. The van der Waals surface area contributed by atoms with Crippen molar-refractivity contribution in [2.24, 2.45) is 0 Å². The topological polar surface area (TPSA) is 259 Å². The van der Waals surface area contributed by atoms with Gasteiger partial charge in [0.2, 0.25) is 0 Å². The predicted octanol–water partition coefficient (Wildman–Crippen LogP) is 8.28. The molecule has 4 aromatic carbocycles. The minimum absolute atomic E-state index is 0.0977. The number of carbonyl (C=O) groups is 3. The number of ketones is 1. The number of Topliss-reactive ketones (excluding diaryl/α,β-unsaturated/α-hetero) is 1. The Hall–Kier alpha value is -12.2. The van der Waals surface area contributed by atoms with Crippen LogP contribution in [0, 0.1) is 152 Å². The maximum absolute atomic E-state index is 15.3. The summed E-state index contributed by atoms with van der Waals surface area (Å²) in [7, 11) is -4.37.